The van der Waals surface area contributed by atoms with Crippen molar-refractivity contribution in [2.24, 2.45) is 11.8 Å². The van der Waals surface area contributed by atoms with E-state index < -0.39 is 0 Å². The maximum Gasteiger partial charge on any atom is 0.0114 e. The molecule has 0 rings (SSSR count). The molecule has 0 aliphatic carbocycles. The summed E-state index contributed by atoms with van der Waals surface area (Å²) in [4.78, 5) is 0. The van der Waals surface area contributed by atoms with Gasteiger partial charge in [-0.1, -0.05) is 40.5 Å². The summed E-state index contributed by atoms with van der Waals surface area (Å²) in [6.07, 6.45) is 4.80. The van der Waals surface area contributed by atoms with Gasteiger partial charge in [-0.3, -0.25) is 0 Å². The molecule has 0 unspecified atom stereocenters. The Morgan fingerprint density at radius 2 is 1.67 bits per heavy atom. The highest BCUT2D eigenvalue weighted by Crippen LogP contribution is 2.10. The molecule has 0 aliphatic rings. The highest BCUT2D eigenvalue weighted by molar-refractivity contribution is 5.82. The Labute approximate surface area is 77.1 Å². The Kier molecular flexibility index (Phi) is 6.04. The molecule has 0 spiro atoms. The summed E-state index contributed by atoms with van der Waals surface area (Å²) >= 11 is 0. The highest BCUT2D eigenvalue weighted by atomic mass is 14.4. The normalized spacial score (nSPS) is 11.2. The summed E-state index contributed by atoms with van der Waals surface area (Å²) in [6.45, 7) is 8.72. The molecule has 0 aliphatic heterocycles. The lowest BCUT2D eigenvalue weighted by atomic mass is 9.99. The van der Waals surface area contributed by atoms with Crippen molar-refractivity contribution >= 4 is 5.71 Å². The first kappa shape index (κ1) is 11.7. The molecular formula is C11H23N. The zero-order valence-electron chi connectivity index (χ0n) is 8.98. The predicted octanol–water partition coefficient (Wildman–Crippen LogP) is 3.88. The van der Waals surface area contributed by atoms with E-state index in [1.807, 2.05) is 0 Å². The van der Waals surface area contributed by atoms with Crippen molar-refractivity contribution in [1.82, 2.24) is 0 Å². The summed E-state index contributed by atoms with van der Waals surface area (Å²) in [6, 6.07) is 0. The summed E-state index contributed by atoms with van der Waals surface area (Å²) < 4.78 is 0. The van der Waals surface area contributed by atoms with Gasteiger partial charge in [0, 0.05) is 5.71 Å². The van der Waals surface area contributed by atoms with Gasteiger partial charge in [-0.2, -0.15) is 0 Å². The van der Waals surface area contributed by atoms with Gasteiger partial charge in [0.25, 0.3) is 0 Å². The van der Waals surface area contributed by atoms with Crippen LogP contribution in [0.25, 0.3) is 0 Å². The Morgan fingerprint density at radius 3 is 2.08 bits per heavy atom. The SMILES string of the molecule is CC(C)CCCCC(=N)C(C)C. The minimum Gasteiger partial charge on any atom is -0.309 e. The van der Waals surface area contributed by atoms with E-state index in [1.54, 1.807) is 0 Å². The second-order valence-corrected chi connectivity index (χ2v) is 4.32. The van der Waals surface area contributed by atoms with E-state index in [0.29, 0.717) is 5.92 Å². The standard InChI is InChI=1S/C11H23N/c1-9(2)7-5-6-8-11(12)10(3)4/h9-10,12H,5-8H2,1-4H3. The van der Waals surface area contributed by atoms with E-state index >= 15 is 0 Å². The summed E-state index contributed by atoms with van der Waals surface area (Å²) in [7, 11) is 0. The van der Waals surface area contributed by atoms with Crippen molar-refractivity contribution in [3.05, 3.63) is 0 Å². The Morgan fingerprint density at radius 1 is 1.08 bits per heavy atom. The zero-order valence-corrected chi connectivity index (χ0v) is 8.98. The van der Waals surface area contributed by atoms with E-state index in [-0.39, 0.29) is 0 Å². The van der Waals surface area contributed by atoms with Crippen molar-refractivity contribution < 1.29 is 0 Å². The molecule has 0 saturated carbocycles. The maximum absolute atomic E-state index is 7.63. The van der Waals surface area contributed by atoms with Gasteiger partial charge in [0.05, 0.1) is 0 Å². The lowest BCUT2D eigenvalue weighted by Crippen LogP contribution is -2.05. The molecule has 0 amide bonds. The lowest BCUT2D eigenvalue weighted by molar-refractivity contribution is 0.541. The molecule has 0 fully saturated rings. The fourth-order valence-corrected chi connectivity index (χ4v) is 1.16. The smallest absolute Gasteiger partial charge is 0.0114 e. The monoisotopic (exact) mass is 169 g/mol. The second-order valence-electron chi connectivity index (χ2n) is 4.32. The van der Waals surface area contributed by atoms with Gasteiger partial charge < -0.3 is 5.41 Å². The second kappa shape index (κ2) is 6.22. The molecule has 1 nitrogen and oxygen atoms in total. The van der Waals surface area contributed by atoms with Gasteiger partial charge in [0.1, 0.15) is 0 Å². The first-order chi connectivity index (χ1) is 5.54. The summed E-state index contributed by atoms with van der Waals surface area (Å²) in [5.74, 6) is 1.27. The molecule has 1 heteroatoms. The molecule has 0 aromatic carbocycles. The third-order valence-electron chi connectivity index (χ3n) is 2.17. The van der Waals surface area contributed by atoms with Crippen LogP contribution in [0.1, 0.15) is 53.4 Å². The fraction of sp³-hybridized carbons (Fsp3) is 0.909. The van der Waals surface area contributed by atoms with Gasteiger partial charge in [-0.15, -0.1) is 0 Å². The largest absolute Gasteiger partial charge is 0.309 e. The first-order valence-electron chi connectivity index (χ1n) is 5.11. The van der Waals surface area contributed by atoms with E-state index in [1.165, 1.54) is 19.3 Å². The predicted molar refractivity (Wildman–Crippen MR) is 55.9 cm³/mol. The van der Waals surface area contributed by atoms with Crippen molar-refractivity contribution in [3.63, 3.8) is 0 Å². The molecule has 0 aromatic rings. The van der Waals surface area contributed by atoms with Crippen LogP contribution >= 0.6 is 0 Å². The van der Waals surface area contributed by atoms with Crippen LogP contribution in [0, 0.1) is 17.2 Å². The van der Waals surface area contributed by atoms with Crippen LogP contribution in [-0.2, 0) is 0 Å². The number of nitrogens with one attached hydrogen (secondary N) is 1. The molecule has 72 valence electrons. The zero-order chi connectivity index (χ0) is 9.56. The van der Waals surface area contributed by atoms with Crippen LogP contribution in [0.2, 0.25) is 0 Å². The van der Waals surface area contributed by atoms with Gasteiger partial charge in [0.15, 0.2) is 0 Å². The number of hydrogen-bond acceptors (Lipinski definition) is 1. The van der Waals surface area contributed by atoms with E-state index in [2.05, 4.69) is 27.7 Å². The van der Waals surface area contributed by atoms with E-state index in [4.69, 9.17) is 5.41 Å². The molecule has 0 heterocycles. The molecule has 0 radical (unpaired) electrons. The van der Waals surface area contributed by atoms with E-state index in [0.717, 1.165) is 18.1 Å². The molecule has 1 N–H and O–H groups in total. The van der Waals surface area contributed by atoms with Crippen LogP contribution in [0.15, 0.2) is 0 Å². The molecule has 0 aromatic heterocycles. The number of hydrogen-bond donors (Lipinski definition) is 1. The number of rotatable bonds is 6. The third-order valence-corrected chi connectivity index (χ3v) is 2.17. The van der Waals surface area contributed by atoms with Crippen molar-refractivity contribution in [2.45, 2.75) is 53.4 Å². The Bertz CT molecular complexity index is 125. The minimum atomic E-state index is 0.448. The lowest BCUT2D eigenvalue weighted by Gasteiger charge is -2.07. The van der Waals surface area contributed by atoms with Crippen molar-refractivity contribution in [3.8, 4) is 0 Å². The van der Waals surface area contributed by atoms with Crippen molar-refractivity contribution in [1.29, 1.82) is 5.41 Å². The van der Waals surface area contributed by atoms with Gasteiger partial charge >= 0.3 is 0 Å². The van der Waals surface area contributed by atoms with Crippen molar-refractivity contribution in [2.75, 3.05) is 0 Å². The molecular weight excluding hydrogens is 146 g/mol. The molecule has 0 saturated heterocycles. The van der Waals surface area contributed by atoms with Crippen LogP contribution in [0.4, 0.5) is 0 Å². The average molecular weight is 169 g/mol. The van der Waals surface area contributed by atoms with Crippen LogP contribution < -0.4 is 0 Å². The average Bonchev–Trinajstić information content (AvgIpc) is 1.97. The Hall–Kier alpha value is -0.330. The molecule has 12 heavy (non-hydrogen) atoms. The fourth-order valence-electron chi connectivity index (χ4n) is 1.16. The Balaban J connectivity index is 3.26. The van der Waals surface area contributed by atoms with Crippen LogP contribution in [0.5, 0.6) is 0 Å². The van der Waals surface area contributed by atoms with Crippen LogP contribution in [-0.4, -0.2) is 5.71 Å². The maximum atomic E-state index is 7.63. The molecule has 0 bridgehead atoms. The van der Waals surface area contributed by atoms with E-state index in [9.17, 15) is 0 Å². The third kappa shape index (κ3) is 6.38. The van der Waals surface area contributed by atoms with Gasteiger partial charge in [-0.05, 0) is 24.7 Å². The number of unbranched alkanes of at least 4 members (excludes halogenated alkanes) is 1. The van der Waals surface area contributed by atoms with Crippen LogP contribution in [0.3, 0.4) is 0 Å². The highest BCUT2D eigenvalue weighted by Gasteiger charge is 2.02. The topological polar surface area (TPSA) is 23.9 Å². The summed E-state index contributed by atoms with van der Waals surface area (Å²) in [5, 5.41) is 7.63. The van der Waals surface area contributed by atoms with Gasteiger partial charge in [0.2, 0.25) is 0 Å². The van der Waals surface area contributed by atoms with Gasteiger partial charge in [-0.25, -0.2) is 0 Å². The minimum absolute atomic E-state index is 0.448. The summed E-state index contributed by atoms with van der Waals surface area (Å²) in [5.41, 5.74) is 0.916. The quantitative estimate of drug-likeness (QED) is 0.461. The molecule has 0 atom stereocenters. The first-order valence-corrected chi connectivity index (χ1v) is 5.11.